The van der Waals surface area contributed by atoms with E-state index in [9.17, 15) is 0 Å². The first-order valence-corrected chi connectivity index (χ1v) is 5.79. The van der Waals surface area contributed by atoms with E-state index in [4.69, 9.17) is 10.00 Å². The van der Waals surface area contributed by atoms with Crippen molar-refractivity contribution in [3.05, 3.63) is 0 Å². The molecule has 0 radical (unpaired) electrons. The van der Waals surface area contributed by atoms with Crippen LogP contribution >= 0.6 is 0 Å². The molecule has 4 nitrogen and oxygen atoms in total. The minimum Gasteiger partial charge on any atom is -0.374 e. The zero-order valence-corrected chi connectivity index (χ0v) is 9.28. The molecular formula is C11H19N3O. The van der Waals surface area contributed by atoms with E-state index >= 15 is 0 Å². The van der Waals surface area contributed by atoms with Gasteiger partial charge in [-0.1, -0.05) is 0 Å². The molecule has 0 saturated carbocycles. The number of hydrogen-bond acceptors (Lipinski definition) is 4. The second kappa shape index (κ2) is 4.93. The van der Waals surface area contributed by atoms with Gasteiger partial charge < -0.3 is 10.1 Å². The summed E-state index contributed by atoms with van der Waals surface area (Å²) in [6, 6.07) is 2.37. The number of piperazine rings is 1. The van der Waals surface area contributed by atoms with Gasteiger partial charge in [0.25, 0.3) is 0 Å². The van der Waals surface area contributed by atoms with Crippen LogP contribution in [0.5, 0.6) is 0 Å². The van der Waals surface area contributed by atoms with Crippen molar-refractivity contribution in [3.63, 3.8) is 0 Å². The van der Waals surface area contributed by atoms with Crippen molar-refractivity contribution in [1.29, 1.82) is 5.26 Å². The fourth-order valence-electron chi connectivity index (χ4n) is 2.37. The number of ether oxygens (including phenoxy) is 1. The van der Waals surface area contributed by atoms with Gasteiger partial charge in [-0.15, -0.1) is 0 Å². The van der Waals surface area contributed by atoms with Crippen LogP contribution < -0.4 is 5.32 Å². The third-order valence-electron chi connectivity index (χ3n) is 3.26. The lowest BCUT2D eigenvalue weighted by Crippen LogP contribution is -2.52. The van der Waals surface area contributed by atoms with Crippen LogP contribution in [0, 0.1) is 11.3 Å². The maximum Gasteiger partial charge on any atom is 0.110 e. The number of rotatable bonds is 2. The van der Waals surface area contributed by atoms with Crippen LogP contribution in [0.2, 0.25) is 0 Å². The second-order valence-corrected chi connectivity index (χ2v) is 4.49. The van der Waals surface area contributed by atoms with Crippen molar-refractivity contribution in [2.45, 2.75) is 38.0 Å². The first-order valence-electron chi connectivity index (χ1n) is 5.79. The Morgan fingerprint density at radius 3 is 3.07 bits per heavy atom. The van der Waals surface area contributed by atoms with Crippen LogP contribution in [0.15, 0.2) is 0 Å². The molecule has 84 valence electrons. The summed E-state index contributed by atoms with van der Waals surface area (Å²) in [5, 5.41) is 12.3. The molecular weight excluding hydrogens is 190 g/mol. The smallest absolute Gasteiger partial charge is 0.110 e. The average Bonchev–Trinajstić information content (AvgIpc) is 2.65. The Balaban J connectivity index is 1.84. The summed E-state index contributed by atoms with van der Waals surface area (Å²) in [6.07, 6.45) is 3.05. The molecule has 4 heteroatoms. The Morgan fingerprint density at radius 2 is 2.40 bits per heavy atom. The van der Waals surface area contributed by atoms with Crippen molar-refractivity contribution in [2.75, 3.05) is 26.2 Å². The molecule has 0 aromatic carbocycles. The van der Waals surface area contributed by atoms with Crippen LogP contribution in [0.1, 0.15) is 19.8 Å². The third kappa shape index (κ3) is 2.69. The molecule has 0 spiro atoms. The van der Waals surface area contributed by atoms with E-state index < -0.39 is 0 Å². The van der Waals surface area contributed by atoms with E-state index in [0.29, 0.717) is 12.2 Å². The molecule has 3 unspecified atom stereocenters. The normalized spacial score (nSPS) is 37.7. The maximum atomic E-state index is 9.01. The van der Waals surface area contributed by atoms with E-state index in [2.05, 4.69) is 23.2 Å². The number of nitrogens with one attached hydrogen (secondary N) is 1. The first-order chi connectivity index (χ1) is 7.29. The highest BCUT2D eigenvalue weighted by Crippen LogP contribution is 2.20. The molecule has 0 aromatic rings. The van der Waals surface area contributed by atoms with Gasteiger partial charge >= 0.3 is 0 Å². The monoisotopic (exact) mass is 209 g/mol. The molecule has 0 aromatic heterocycles. The van der Waals surface area contributed by atoms with Crippen LogP contribution in [-0.2, 0) is 4.74 Å². The number of nitrogens with zero attached hydrogens (tertiary/aromatic N) is 2. The number of nitriles is 1. The third-order valence-corrected chi connectivity index (χ3v) is 3.26. The van der Waals surface area contributed by atoms with E-state index in [1.165, 1.54) is 0 Å². The van der Waals surface area contributed by atoms with E-state index in [1.807, 2.05) is 0 Å². The molecule has 0 amide bonds. The van der Waals surface area contributed by atoms with Crippen molar-refractivity contribution in [2.24, 2.45) is 0 Å². The maximum absolute atomic E-state index is 9.01. The van der Waals surface area contributed by atoms with Crippen LogP contribution in [0.25, 0.3) is 0 Å². The minimum absolute atomic E-state index is 0.0262. The zero-order valence-electron chi connectivity index (χ0n) is 9.28. The van der Waals surface area contributed by atoms with Gasteiger partial charge in [-0.2, -0.15) is 5.26 Å². The molecule has 0 bridgehead atoms. The molecule has 2 heterocycles. The summed E-state index contributed by atoms with van der Waals surface area (Å²) in [7, 11) is 0. The Morgan fingerprint density at radius 1 is 1.53 bits per heavy atom. The average molecular weight is 209 g/mol. The molecule has 2 saturated heterocycles. The lowest BCUT2D eigenvalue weighted by atomic mass is 10.1. The van der Waals surface area contributed by atoms with Gasteiger partial charge in [0.1, 0.15) is 6.04 Å². The van der Waals surface area contributed by atoms with E-state index in [-0.39, 0.29) is 6.04 Å². The Kier molecular flexibility index (Phi) is 3.57. The van der Waals surface area contributed by atoms with Crippen molar-refractivity contribution >= 4 is 0 Å². The van der Waals surface area contributed by atoms with Gasteiger partial charge in [-0.25, -0.2) is 0 Å². The highest BCUT2D eigenvalue weighted by Gasteiger charge is 2.28. The predicted molar refractivity (Wildman–Crippen MR) is 57.4 cm³/mol. The Bertz CT molecular complexity index is 251. The quantitative estimate of drug-likeness (QED) is 0.713. The SMILES string of the molecule is CC1CCC(CN2CCNCC2C#N)O1. The van der Waals surface area contributed by atoms with E-state index in [1.54, 1.807) is 0 Å². The minimum atomic E-state index is 0.0262. The second-order valence-electron chi connectivity index (χ2n) is 4.49. The number of hydrogen-bond donors (Lipinski definition) is 1. The summed E-state index contributed by atoms with van der Waals surface area (Å²) < 4.78 is 5.79. The molecule has 1 N–H and O–H groups in total. The van der Waals surface area contributed by atoms with Gasteiger partial charge in [0.15, 0.2) is 0 Å². The largest absolute Gasteiger partial charge is 0.374 e. The molecule has 2 rings (SSSR count). The summed E-state index contributed by atoms with van der Waals surface area (Å²) in [5.41, 5.74) is 0. The summed E-state index contributed by atoms with van der Waals surface area (Å²) in [6.45, 7) is 5.79. The molecule has 15 heavy (non-hydrogen) atoms. The molecule has 2 aliphatic heterocycles. The Hall–Kier alpha value is -0.630. The predicted octanol–water partition coefficient (Wildman–Crippen LogP) is 0.351. The van der Waals surface area contributed by atoms with Crippen LogP contribution in [0.3, 0.4) is 0 Å². The summed E-state index contributed by atoms with van der Waals surface area (Å²) >= 11 is 0. The standard InChI is InChI=1S/C11H19N3O/c1-9-2-3-11(15-9)8-14-5-4-13-7-10(14)6-12/h9-11,13H,2-5,7-8H2,1H3. The lowest BCUT2D eigenvalue weighted by molar-refractivity contribution is 0.0228. The van der Waals surface area contributed by atoms with Crippen LogP contribution in [0.4, 0.5) is 0 Å². The van der Waals surface area contributed by atoms with Gasteiger partial charge in [-0.05, 0) is 19.8 Å². The van der Waals surface area contributed by atoms with Crippen molar-refractivity contribution in [1.82, 2.24) is 10.2 Å². The summed E-state index contributed by atoms with van der Waals surface area (Å²) in [5.74, 6) is 0. The van der Waals surface area contributed by atoms with Gasteiger partial charge in [-0.3, -0.25) is 4.90 Å². The molecule has 3 atom stereocenters. The van der Waals surface area contributed by atoms with Gasteiger partial charge in [0.2, 0.25) is 0 Å². The fourth-order valence-corrected chi connectivity index (χ4v) is 2.37. The van der Waals surface area contributed by atoms with E-state index in [0.717, 1.165) is 39.0 Å². The van der Waals surface area contributed by atoms with Crippen LogP contribution in [-0.4, -0.2) is 49.3 Å². The molecule has 2 aliphatic rings. The Labute approximate surface area is 91.2 Å². The van der Waals surface area contributed by atoms with Crippen molar-refractivity contribution in [3.8, 4) is 6.07 Å². The highest BCUT2D eigenvalue weighted by molar-refractivity contribution is 4.97. The van der Waals surface area contributed by atoms with Gasteiger partial charge in [0, 0.05) is 26.2 Å². The highest BCUT2D eigenvalue weighted by atomic mass is 16.5. The zero-order chi connectivity index (χ0) is 10.7. The molecule has 2 fully saturated rings. The topological polar surface area (TPSA) is 48.3 Å². The van der Waals surface area contributed by atoms with Gasteiger partial charge in [0.05, 0.1) is 18.3 Å². The molecule has 0 aliphatic carbocycles. The first kappa shape index (κ1) is 10.9. The fraction of sp³-hybridized carbons (Fsp3) is 0.909. The summed E-state index contributed by atoms with van der Waals surface area (Å²) in [4.78, 5) is 2.25. The lowest BCUT2D eigenvalue weighted by Gasteiger charge is -2.33. The van der Waals surface area contributed by atoms with Crippen molar-refractivity contribution < 1.29 is 4.74 Å².